The standard InChI is InChI=1S/C7H10N4O2S/c8-7(10-11(12)13)9-4-3-6-2-1-5-14-6/h1-2,5H,3-4H2,(H3,8,9,10). The van der Waals surface area contributed by atoms with E-state index in [0.717, 1.165) is 6.42 Å². The van der Waals surface area contributed by atoms with E-state index in [9.17, 15) is 10.1 Å². The van der Waals surface area contributed by atoms with E-state index in [0.29, 0.717) is 6.54 Å². The first-order valence-corrected chi connectivity index (χ1v) is 4.80. The second-order valence-electron chi connectivity index (χ2n) is 2.47. The van der Waals surface area contributed by atoms with Gasteiger partial charge in [0, 0.05) is 17.8 Å². The molecule has 0 amide bonds. The number of thiophene rings is 1. The van der Waals surface area contributed by atoms with Crippen LogP contribution in [0.2, 0.25) is 0 Å². The van der Waals surface area contributed by atoms with Crippen LogP contribution in [-0.4, -0.2) is 17.5 Å². The quantitative estimate of drug-likeness (QED) is 0.328. The number of aliphatic imine (C=N–C) groups is 1. The first kappa shape index (κ1) is 10.5. The van der Waals surface area contributed by atoms with Gasteiger partial charge in [0.2, 0.25) is 0 Å². The minimum absolute atomic E-state index is 0.161. The molecule has 1 heterocycles. The van der Waals surface area contributed by atoms with Crippen molar-refractivity contribution in [2.24, 2.45) is 10.7 Å². The van der Waals surface area contributed by atoms with Crippen LogP contribution in [0, 0.1) is 10.1 Å². The molecule has 76 valence electrons. The number of hydrogen-bond donors (Lipinski definition) is 2. The van der Waals surface area contributed by atoms with Gasteiger partial charge < -0.3 is 5.73 Å². The minimum Gasteiger partial charge on any atom is -0.365 e. The Kier molecular flexibility index (Phi) is 3.86. The number of rotatable bonds is 4. The third-order valence-electron chi connectivity index (χ3n) is 1.43. The van der Waals surface area contributed by atoms with Crippen molar-refractivity contribution in [1.29, 1.82) is 0 Å². The molecule has 1 rings (SSSR count). The predicted molar refractivity (Wildman–Crippen MR) is 54.6 cm³/mol. The molecule has 7 heteroatoms. The van der Waals surface area contributed by atoms with Crippen molar-refractivity contribution in [2.75, 3.05) is 6.54 Å². The number of nitrogens with two attached hydrogens (primary N) is 1. The van der Waals surface area contributed by atoms with Crippen molar-refractivity contribution >= 4 is 17.3 Å². The summed E-state index contributed by atoms with van der Waals surface area (Å²) in [6.45, 7) is 0.452. The molecule has 0 aliphatic rings. The van der Waals surface area contributed by atoms with E-state index in [1.54, 1.807) is 16.8 Å². The lowest BCUT2D eigenvalue weighted by molar-refractivity contribution is -0.525. The number of nitrogens with zero attached hydrogens (tertiary/aromatic N) is 2. The van der Waals surface area contributed by atoms with Crippen LogP contribution in [0.3, 0.4) is 0 Å². The largest absolute Gasteiger partial charge is 0.365 e. The van der Waals surface area contributed by atoms with Gasteiger partial charge in [-0.3, -0.25) is 0 Å². The van der Waals surface area contributed by atoms with Crippen LogP contribution in [-0.2, 0) is 6.42 Å². The Hall–Kier alpha value is -1.63. The van der Waals surface area contributed by atoms with Crippen LogP contribution < -0.4 is 11.2 Å². The van der Waals surface area contributed by atoms with Crippen molar-refractivity contribution in [3.05, 3.63) is 32.5 Å². The highest BCUT2D eigenvalue weighted by Crippen LogP contribution is 2.08. The van der Waals surface area contributed by atoms with Gasteiger partial charge in [0.1, 0.15) is 0 Å². The fraction of sp³-hybridized carbons (Fsp3) is 0.286. The van der Waals surface area contributed by atoms with Gasteiger partial charge in [-0.1, -0.05) is 11.5 Å². The monoisotopic (exact) mass is 214 g/mol. The Morgan fingerprint density at radius 1 is 1.79 bits per heavy atom. The second kappa shape index (κ2) is 5.18. The van der Waals surface area contributed by atoms with Gasteiger partial charge in [-0.2, -0.15) is 0 Å². The summed E-state index contributed by atoms with van der Waals surface area (Å²) in [4.78, 5) is 14.9. The van der Waals surface area contributed by atoms with Crippen molar-refractivity contribution < 1.29 is 5.03 Å². The fourth-order valence-corrected chi connectivity index (χ4v) is 1.57. The molecule has 0 bridgehead atoms. The summed E-state index contributed by atoms with van der Waals surface area (Å²) >= 11 is 1.62. The predicted octanol–water partition coefficient (Wildman–Crippen LogP) is 0.387. The Labute approximate surface area is 84.6 Å². The van der Waals surface area contributed by atoms with Gasteiger partial charge in [0.15, 0.2) is 5.03 Å². The fourth-order valence-electron chi connectivity index (χ4n) is 0.870. The third kappa shape index (κ3) is 3.85. The molecule has 0 aromatic carbocycles. The normalized spacial score (nSPS) is 11.3. The molecule has 14 heavy (non-hydrogen) atoms. The van der Waals surface area contributed by atoms with Crippen LogP contribution >= 0.6 is 11.3 Å². The molecule has 6 nitrogen and oxygen atoms in total. The molecule has 0 saturated heterocycles. The van der Waals surface area contributed by atoms with E-state index in [1.807, 2.05) is 17.5 Å². The average molecular weight is 214 g/mol. The van der Waals surface area contributed by atoms with Crippen molar-refractivity contribution in [3.63, 3.8) is 0 Å². The smallest absolute Gasteiger partial charge is 0.251 e. The zero-order chi connectivity index (χ0) is 10.4. The Morgan fingerprint density at radius 3 is 3.14 bits per heavy atom. The van der Waals surface area contributed by atoms with Gasteiger partial charge in [-0.25, -0.2) is 15.1 Å². The van der Waals surface area contributed by atoms with Gasteiger partial charge in [0.05, 0.1) is 0 Å². The zero-order valence-corrected chi connectivity index (χ0v) is 8.16. The van der Waals surface area contributed by atoms with Gasteiger partial charge >= 0.3 is 0 Å². The van der Waals surface area contributed by atoms with E-state index in [1.165, 1.54) is 4.88 Å². The zero-order valence-electron chi connectivity index (χ0n) is 7.34. The van der Waals surface area contributed by atoms with Gasteiger partial charge in [-0.15, -0.1) is 11.3 Å². The van der Waals surface area contributed by atoms with Crippen molar-refractivity contribution in [3.8, 4) is 0 Å². The van der Waals surface area contributed by atoms with E-state index in [-0.39, 0.29) is 5.96 Å². The van der Waals surface area contributed by atoms with E-state index < -0.39 is 5.03 Å². The second-order valence-corrected chi connectivity index (χ2v) is 3.50. The highest BCUT2D eigenvalue weighted by atomic mass is 32.1. The molecule has 0 radical (unpaired) electrons. The molecular formula is C7H10N4O2S. The molecule has 0 aliphatic carbocycles. The summed E-state index contributed by atoms with van der Waals surface area (Å²) in [5, 5.41) is 11.2. The first-order chi connectivity index (χ1) is 6.68. The Morgan fingerprint density at radius 2 is 2.57 bits per heavy atom. The molecule has 0 saturated carbocycles. The lowest BCUT2D eigenvalue weighted by Crippen LogP contribution is -2.36. The summed E-state index contributed by atoms with van der Waals surface area (Å²) < 4.78 is 0. The summed E-state index contributed by atoms with van der Waals surface area (Å²) in [6.07, 6.45) is 0.748. The highest BCUT2D eigenvalue weighted by molar-refractivity contribution is 7.09. The van der Waals surface area contributed by atoms with Crippen LogP contribution in [0.4, 0.5) is 0 Å². The minimum atomic E-state index is -0.732. The van der Waals surface area contributed by atoms with Gasteiger partial charge in [-0.05, 0) is 11.4 Å². The summed E-state index contributed by atoms with van der Waals surface area (Å²) in [6, 6.07) is 3.93. The van der Waals surface area contributed by atoms with Crippen LogP contribution in [0.1, 0.15) is 4.88 Å². The maximum atomic E-state index is 9.94. The highest BCUT2D eigenvalue weighted by Gasteiger charge is 1.98. The maximum Gasteiger partial charge on any atom is 0.251 e. The van der Waals surface area contributed by atoms with E-state index in [4.69, 9.17) is 5.73 Å². The summed E-state index contributed by atoms with van der Waals surface area (Å²) in [5.41, 5.74) is 6.99. The van der Waals surface area contributed by atoms with Crippen LogP contribution in [0.25, 0.3) is 0 Å². The topological polar surface area (TPSA) is 93.5 Å². The molecule has 1 aromatic rings. The lowest BCUT2D eigenvalue weighted by atomic mass is 10.3. The van der Waals surface area contributed by atoms with E-state index in [2.05, 4.69) is 4.99 Å². The molecule has 3 N–H and O–H groups in total. The molecule has 0 spiro atoms. The molecule has 1 aromatic heterocycles. The van der Waals surface area contributed by atoms with Crippen LogP contribution in [0.5, 0.6) is 0 Å². The maximum absolute atomic E-state index is 9.94. The molecule has 0 aliphatic heterocycles. The average Bonchev–Trinajstić information content (AvgIpc) is 2.55. The third-order valence-corrected chi connectivity index (χ3v) is 2.36. The molecular weight excluding hydrogens is 204 g/mol. The number of hydrogen-bond acceptors (Lipinski definition) is 4. The van der Waals surface area contributed by atoms with Crippen molar-refractivity contribution in [2.45, 2.75) is 6.42 Å². The Bertz CT molecular complexity index is 322. The van der Waals surface area contributed by atoms with Crippen molar-refractivity contribution in [1.82, 2.24) is 5.43 Å². The molecule has 0 atom stereocenters. The summed E-state index contributed by atoms with van der Waals surface area (Å²) in [7, 11) is 0. The van der Waals surface area contributed by atoms with Gasteiger partial charge in [0.25, 0.3) is 5.96 Å². The summed E-state index contributed by atoms with van der Waals surface area (Å²) in [5.74, 6) is -0.161. The SMILES string of the molecule is NC(=NCCc1cccs1)N[N+](=O)[O-]. The lowest BCUT2D eigenvalue weighted by Gasteiger charge is -1.95. The Balaban J connectivity index is 2.29. The molecule has 0 fully saturated rings. The number of nitro groups is 1. The number of hydrazine groups is 1. The number of nitrogens with one attached hydrogen (secondary N) is 1. The number of guanidine groups is 1. The van der Waals surface area contributed by atoms with Crippen LogP contribution in [0.15, 0.2) is 22.5 Å². The van der Waals surface area contributed by atoms with E-state index >= 15 is 0 Å². The first-order valence-electron chi connectivity index (χ1n) is 3.92. The molecule has 0 unspecified atom stereocenters.